The summed E-state index contributed by atoms with van der Waals surface area (Å²) in [5.74, 6) is 2.63. The molecule has 5 nitrogen and oxygen atoms in total. The van der Waals surface area contributed by atoms with Gasteiger partial charge in [0.2, 0.25) is 0 Å². The molecule has 0 aliphatic heterocycles. The summed E-state index contributed by atoms with van der Waals surface area (Å²) >= 11 is 0. The largest absolute Gasteiger partial charge is 0.304 e. The molecule has 4 atom stereocenters. The molecule has 3 rings (SSSR count). The molecule has 0 aromatic carbocycles. The summed E-state index contributed by atoms with van der Waals surface area (Å²) < 4.78 is 2.02. The molecule has 1 N–H and O–H groups in total. The van der Waals surface area contributed by atoms with E-state index in [1.54, 1.807) is 0 Å². The van der Waals surface area contributed by atoms with Crippen LogP contribution in [0, 0.1) is 11.8 Å². The predicted octanol–water partition coefficient (Wildman–Crippen LogP) is 2.48. The molecule has 0 saturated heterocycles. The number of nitrogens with zero attached hydrogens (tertiary/aromatic N) is 4. The molecule has 1 heterocycles. The normalized spacial score (nSPS) is 33.3. The Bertz CT molecular complexity index is 425. The Kier molecular flexibility index (Phi) is 3.56. The molecule has 2 fully saturated rings. The van der Waals surface area contributed by atoms with Crippen LogP contribution in [-0.4, -0.2) is 26.2 Å². The van der Waals surface area contributed by atoms with Crippen molar-refractivity contribution in [3.63, 3.8) is 0 Å². The minimum absolute atomic E-state index is 0.247. The second kappa shape index (κ2) is 5.19. The van der Waals surface area contributed by atoms with E-state index in [4.69, 9.17) is 0 Å². The van der Waals surface area contributed by atoms with Crippen molar-refractivity contribution >= 4 is 0 Å². The van der Waals surface area contributed by atoms with Crippen molar-refractivity contribution in [3.8, 4) is 0 Å². The summed E-state index contributed by atoms with van der Waals surface area (Å²) in [6.45, 7) is 6.92. The van der Waals surface area contributed by atoms with Crippen LogP contribution in [0.4, 0.5) is 0 Å². The second-order valence-corrected chi connectivity index (χ2v) is 6.60. The zero-order chi connectivity index (χ0) is 13.4. The maximum absolute atomic E-state index is 4.22. The van der Waals surface area contributed by atoms with Crippen LogP contribution in [0.3, 0.4) is 0 Å². The highest BCUT2D eigenvalue weighted by atomic mass is 15.6. The third kappa shape index (κ3) is 2.81. The SMILES string of the molecule is CC1CCC(NC(C)c2nnnn2C2CC2)C(C)C1. The lowest BCUT2D eigenvalue weighted by Gasteiger charge is -2.34. The first kappa shape index (κ1) is 13.0. The molecular formula is C14H25N5. The average molecular weight is 263 g/mol. The van der Waals surface area contributed by atoms with Crippen LogP contribution < -0.4 is 5.32 Å². The molecule has 1 aromatic heterocycles. The first-order valence-electron chi connectivity index (χ1n) is 7.69. The average Bonchev–Trinajstić information content (AvgIpc) is 3.10. The lowest BCUT2D eigenvalue weighted by Crippen LogP contribution is -2.41. The Balaban J connectivity index is 1.64. The summed E-state index contributed by atoms with van der Waals surface area (Å²) in [4.78, 5) is 0. The van der Waals surface area contributed by atoms with Gasteiger partial charge in [-0.15, -0.1) is 5.10 Å². The lowest BCUT2D eigenvalue weighted by atomic mass is 9.79. The van der Waals surface area contributed by atoms with Gasteiger partial charge >= 0.3 is 0 Å². The van der Waals surface area contributed by atoms with E-state index in [0.717, 1.165) is 17.7 Å². The van der Waals surface area contributed by atoms with E-state index in [0.29, 0.717) is 12.1 Å². The quantitative estimate of drug-likeness (QED) is 0.906. The van der Waals surface area contributed by atoms with Crippen LogP contribution in [0.2, 0.25) is 0 Å². The van der Waals surface area contributed by atoms with Crippen molar-refractivity contribution in [2.45, 2.75) is 71.0 Å². The van der Waals surface area contributed by atoms with Gasteiger partial charge in [-0.05, 0) is 61.3 Å². The second-order valence-electron chi connectivity index (χ2n) is 6.60. The van der Waals surface area contributed by atoms with E-state index in [1.807, 2.05) is 4.68 Å². The number of nitrogens with one attached hydrogen (secondary N) is 1. The first-order valence-corrected chi connectivity index (χ1v) is 7.69. The molecular weight excluding hydrogens is 238 g/mol. The number of hydrogen-bond donors (Lipinski definition) is 1. The third-order valence-corrected chi connectivity index (χ3v) is 4.69. The summed E-state index contributed by atoms with van der Waals surface area (Å²) in [6, 6.07) is 1.41. The predicted molar refractivity (Wildman–Crippen MR) is 73.6 cm³/mol. The van der Waals surface area contributed by atoms with Gasteiger partial charge in [-0.25, -0.2) is 4.68 Å². The van der Waals surface area contributed by atoms with E-state index in [9.17, 15) is 0 Å². The van der Waals surface area contributed by atoms with Crippen molar-refractivity contribution < 1.29 is 0 Å². The molecule has 2 aliphatic rings. The Labute approximate surface area is 115 Å². The van der Waals surface area contributed by atoms with Gasteiger partial charge in [-0.3, -0.25) is 0 Å². The van der Waals surface area contributed by atoms with Crippen LogP contribution in [-0.2, 0) is 0 Å². The van der Waals surface area contributed by atoms with E-state index < -0.39 is 0 Å². The molecule has 0 radical (unpaired) electrons. The zero-order valence-electron chi connectivity index (χ0n) is 12.2. The Morgan fingerprint density at radius 2 is 2.00 bits per heavy atom. The van der Waals surface area contributed by atoms with Crippen molar-refractivity contribution in [1.82, 2.24) is 25.5 Å². The molecule has 2 aliphatic carbocycles. The molecule has 1 aromatic rings. The van der Waals surface area contributed by atoms with Crippen LogP contribution in [0.25, 0.3) is 0 Å². The number of aromatic nitrogens is 4. The molecule has 5 heteroatoms. The highest BCUT2D eigenvalue weighted by Gasteiger charge is 2.31. The molecule has 19 heavy (non-hydrogen) atoms. The molecule has 0 amide bonds. The van der Waals surface area contributed by atoms with Crippen LogP contribution in [0.15, 0.2) is 0 Å². The van der Waals surface area contributed by atoms with Crippen LogP contribution >= 0.6 is 0 Å². The van der Waals surface area contributed by atoms with Gasteiger partial charge in [0.05, 0.1) is 12.1 Å². The van der Waals surface area contributed by atoms with Crippen molar-refractivity contribution in [2.75, 3.05) is 0 Å². The molecule has 2 saturated carbocycles. The smallest absolute Gasteiger partial charge is 0.168 e. The topological polar surface area (TPSA) is 55.6 Å². The van der Waals surface area contributed by atoms with E-state index in [2.05, 4.69) is 41.6 Å². The standard InChI is InChI=1S/C14H25N5/c1-9-4-7-13(10(2)8-9)15-11(3)14-16-17-18-19(14)12-5-6-12/h9-13,15H,4-8H2,1-3H3. The molecule has 106 valence electrons. The highest BCUT2D eigenvalue weighted by Crippen LogP contribution is 2.36. The maximum Gasteiger partial charge on any atom is 0.168 e. The third-order valence-electron chi connectivity index (χ3n) is 4.69. The minimum Gasteiger partial charge on any atom is -0.304 e. The maximum atomic E-state index is 4.22. The fraction of sp³-hybridized carbons (Fsp3) is 0.929. The summed E-state index contributed by atoms with van der Waals surface area (Å²) in [6.07, 6.45) is 6.39. The van der Waals surface area contributed by atoms with Gasteiger partial charge in [-0.2, -0.15) is 0 Å². The number of hydrogen-bond acceptors (Lipinski definition) is 4. The van der Waals surface area contributed by atoms with E-state index >= 15 is 0 Å². The highest BCUT2D eigenvalue weighted by molar-refractivity contribution is 4.97. The first-order chi connectivity index (χ1) is 9.15. The minimum atomic E-state index is 0.247. The molecule has 0 bridgehead atoms. The van der Waals surface area contributed by atoms with Crippen molar-refractivity contribution in [1.29, 1.82) is 0 Å². The van der Waals surface area contributed by atoms with Gasteiger partial charge < -0.3 is 5.32 Å². The van der Waals surface area contributed by atoms with Gasteiger partial charge in [0, 0.05) is 6.04 Å². The zero-order valence-corrected chi connectivity index (χ0v) is 12.2. The molecule has 0 spiro atoms. The fourth-order valence-electron chi connectivity index (χ4n) is 3.37. The van der Waals surface area contributed by atoms with Gasteiger partial charge in [0.15, 0.2) is 5.82 Å². The monoisotopic (exact) mass is 263 g/mol. The Morgan fingerprint density at radius 1 is 1.21 bits per heavy atom. The van der Waals surface area contributed by atoms with Crippen molar-refractivity contribution in [3.05, 3.63) is 5.82 Å². The number of rotatable bonds is 4. The fourth-order valence-corrected chi connectivity index (χ4v) is 3.37. The lowest BCUT2D eigenvalue weighted by molar-refractivity contribution is 0.213. The summed E-state index contributed by atoms with van der Waals surface area (Å²) in [5, 5.41) is 16.0. The van der Waals surface area contributed by atoms with Crippen LogP contribution in [0.5, 0.6) is 0 Å². The Hall–Kier alpha value is -0.970. The van der Waals surface area contributed by atoms with E-state index in [1.165, 1.54) is 32.1 Å². The summed E-state index contributed by atoms with van der Waals surface area (Å²) in [5.41, 5.74) is 0. The van der Waals surface area contributed by atoms with Crippen molar-refractivity contribution in [2.24, 2.45) is 11.8 Å². The summed E-state index contributed by atoms with van der Waals surface area (Å²) in [7, 11) is 0. The van der Waals surface area contributed by atoms with Gasteiger partial charge in [0.25, 0.3) is 0 Å². The Morgan fingerprint density at radius 3 is 2.68 bits per heavy atom. The number of tetrazole rings is 1. The van der Waals surface area contributed by atoms with E-state index in [-0.39, 0.29) is 6.04 Å². The van der Waals surface area contributed by atoms with Gasteiger partial charge in [-0.1, -0.05) is 13.8 Å². The van der Waals surface area contributed by atoms with Crippen LogP contribution in [0.1, 0.15) is 70.8 Å². The molecule has 4 unspecified atom stereocenters. The van der Waals surface area contributed by atoms with Gasteiger partial charge in [0.1, 0.15) is 0 Å².